The SMILES string of the molecule is CC(C)CC1C=C(c2ccc(O)c(N3CC(=O)NS3=O)c2F)CNC1. The second-order valence-corrected chi connectivity index (χ2v) is 7.96. The summed E-state index contributed by atoms with van der Waals surface area (Å²) in [4.78, 5) is 11.4. The van der Waals surface area contributed by atoms with Gasteiger partial charge in [-0.2, -0.15) is 0 Å². The van der Waals surface area contributed by atoms with Gasteiger partial charge in [0.2, 0.25) is 11.2 Å². The molecule has 0 aliphatic carbocycles. The number of carbonyl (C=O) groups excluding carboxylic acids is 1. The number of aromatic hydroxyl groups is 1. The van der Waals surface area contributed by atoms with Crippen molar-refractivity contribution in [2.24, 2.45) is 11.8 Å². The Hall–Kier alpha value is -1.93. The number of amides is 1. The monoisotopic (exact) mass is 367 g/mol. The zero-order valence-electron chi connectivity index (χ0n) is 14.2. The predicted molar refractivity (Wildman–Crippen MR) is 95.5 cm³/mol. The fourth-order valence-corrected chi connectivity index (χ4v) is 4.26. The van der Waals surface area contributed by atoms with E-state index in [0.29, 0.717) is 23.9 Å². The molecule has 0 bridgehead atoms. The lowest BCUT2D eigenvalue weighted by atomic mass is 9.90. The molecule has 0 radical (unpaired) electrons. The summed E-state index contributed by atoms with van der Waals surface area (Å²) in [7, 11) is 0. The van der Waals surface area contributed by atoms with Crippen LogP contribution < -0.4 is 14.3 Å². The van der Waals surface area contributed by atoms with E-state index < -0.39 is 22.9 Å². The standard InChI is InChI=1S/C17H22FN3O3S/c1-10(2)5-11-6-12(8-19-7-11)13-3-4-14(22)17(16(13)18)21-9-15(23)20-25(21)24/h3-4,6,10-11,19,22H,5,7-9H2,1-2H3,(H,20,23). The van der Waals surface area contributed by atoms with Crippen molar-refractivity contribution in [3.63, 3.8) is 0 Å². The smallest absolute Gasteiger partial charge is 0.253 e. The van der Waals surface area contributed by atoms with Crippen LogP contribution in [0.15, 0.2) is 18.2 Å². The maximum atomic E-state index is 15.1. The van der Waals surface area contributed by atoms with Crippen LogP contribution in [0.4, 0.5) is 10.1 Å². The molecule has 2 atom stereocenters. The van der Waals surface area contributed by atoms with Crippen molar-refractivity contribution in [1.29, 1.82) is 0 Å². The van der Waals surface area contributed by atoms with Gasteiger partial charge in [0, 0.05) is 18.7 Å². The quantitative estimate of drug-likeness (QED) is 0.757. The highest BCUT2D eigenvalue weighted by molar-refractivity contribution is 7.85. The van der Waals surface area contributed by atoms with E-state index >= 15 is 4.39 Å². The topological polar surface area (TPSA) is 81.7 Å². The summed E-state index contributed by atoms with van der Waals surface area (Å²) in [5.41, 5.74) is 0.950. The lowest BCUT2D eigenvalue weighted by Crippen LogP contribution is -2.30. The number of hydrogen-bond acceptors (Lipinski definition) is 4. The van der Waals surface area contributed by atoms with Crippen LogP contribution in [0.1, 0.15) is 25.8 Å². The molecule has 1 aromatic carbocycles. The van der Waals surface area contributed by atoms with Crippen LogP contribution in [0.2, 0.25) is 0 Å². The molecule has 6 nitrogen and oxygen atoms in total. The highest BCUT2D eigenvalue weighted by Gasteiger charge is 2.32. The maximum absolute atomic E-state index is 15.1. The molecule has 136 valence electrons. The molecule has 25 heavy (non-hydrogen) atoms. The second-order valence-electron chi connectivity index (χ2n) is 6.82. The Morgan fingerprint density at radius 1 is 1.44 bits per heavy atom. The van der Waals surface area contributed by atoms with Crippen molar-refractivity contribution in [2.45, 2.75) is 20.3 Å². The number of rotatable bonds is 4. The van der Waals surface area contributed by atoms with Gasteiger partial charge in [-0.15, -0.1) is 0 Å². The van der Waals surface area contributed by atoms with Crippen molar-refractivity contribution in [3.05, 3.63) is 29.6 Å². The summed E-state index contributed by atoms with van der Waals surface area (Å²) in [6, 6.07) is 2.90. The zero-order chi connectivity index (χ0) is 18.1. The zero-order valence-corrected chi connectivity index (χ0v) is 15.0. The minimum absolute atomic E-state index is 0.207. The average Bonchev–Trinajstić information content (AvgIpc) is 2.85. The number of carbonyl (C=O) groups is 1. The Labute approximate surface area is 148 Å². The normalized spacial score (nSPS) is 23.8. The Morgan fingerprint density at radius 2 is 2.20 bits per heavy atom. The highest BCUT2D eigenvalue weighted by Crippen LogP contribution is 2.37. The molecule has 1 saturated heterocycles. The van der Waals surface area contributed by atoms with Crippen LogP contribution in [-0.2, 0) is 16.0 Å². The molecule has 8 heteroatoms. The van der Waals surface area contributed by atoms with Gasteiger partial charge in [-0.05, 0) is 36.0 Å². The van der Waals surface area contributed by atoms with Crippen LogP contribution >= 0.6 is 0 Å². The van der Waals surface area contributed by atoms with E-state index in [2.05, 4.69) is 30.0 Å². The van der Waals surface area contributed by atoms with E-state index in [1.54, 1.807) is 0 Å². The summed E-state index contributed by atoms with van der Waals surface area (Å²) >= 11 is -1.89. The van der Waals surface area contributed by atoms with Gasteiger partial charge in [0.05, 0.1) is 0 Å². The van der Waals surface area contributed by atoms with Gasteiger partial charge >= 0.3 is 0 Å². The molecule has 2 aliphatic rings. The number of anilines is 1. The summed E-state index contributed by atoms with van der Waals surface area (Å²) in [5.74, 6) is -0.633. The van der Waals surface area contributed by atoms with Crippen LogP contribution in [0.5, 0.6) is 5.75 Å². The molecule has 1 amide bonds. The molecule has 0 spiro atoms. The third kappa shape index (κ3) is 3.69. The first-order chi connectivity index (χ1) is 11.9. The fraction of sp³-hybridized carbons (Fsp3) is 0.471. The molecule has 2 heterocycles. The molecule has 2 aliphatic heterocycles. The van der Waals surface area contributed by atoms with Crippen LogP contribution in [0.25, 0.3) is 5.57 Å². The van der Waals surface area contributed by atoms with Crippen LogP contribution in [0.3, 0.4) is 0 Å². The van der Waals surface area contributed by atoms with E-state index in [1.807, 2.05) is 0 Å². The predicted octanol–water partition coefficient (Wildman–Crippen LogP) is 1.70. The Balaban J connectivity index is 1.98. The molecule has 3 rings (SSSR count). The van der Waals surface area contributed by atoms with Crippen molar-refractivity contribution >= 4 is 28.3 Å². The molecule has 1 fully saturated rings. The first-order valence-electron chi connectivity index (χ1n) is 8.29. The first kappa shape index (κ1) is 17.9. The van der Waals surface area contributed by atoms with Crippen molar-refractivity contribution in [1.82, 2.24) is 10.0 Å². The van der Waals surface area contributed by atoms with E-state index in [1.165, 1.54) is 12.1 Å². The Morgan fingerprint density at radius 3 is 2.84 bits per heavy atom. The Bertz CT molecular complexity index is 751. The summed E-state index contributed by atoms with van der Waals surface area (Å²) in [5, 5.41) is 13.4. The fourth-order valence-electron chi connectivity index (χ4n) is 3.31. The number of nitrogens with zero attached hydrogens (tertiary/aromatic N) is 1. The molecular formula is C17H22FN3O3S. The van der Waals surface area contributed by atoms with E-state index in [-0.39, 0.29) is 18.0 Å². The summed E-state index contributed by atoms with van der Waals surface area (Å²) in [6.07, 6.45) is 3.07. The number of phenolic OH excluding ortho intramolecular Hbond substituents is 1. The van der Waals surface area contributed by atoms with Crippen molar-refractivity contribution in [2.75, 3.05) is 23.9 Å². The molecular weight excluding hydrogens is 345 g/mol. The lowest BCUT2D eigenvalue weighted by molar-refractivity contribution is -0.117. The van der Waals surface area contributed by atoms with Gasteiger partial charge < -0.3 is 10.4 Å². The van der Waals surface area contributed by atoms with Gasteiger partial charge in [-0.1, -0.05) is 19.9 Å². The van der Waals surface area contributed by atoms with Crippen molar-refractivity contribution < 1.29 is 18.5 Å². The number of hydrogen-bond donors (Lipinski definition) is 3. The number of halogens is 1. The molecule has 0 aromatic heterocycles. The van der Waals surface area contributed by atoms with Crippen LogP contribution in [0, 0.1) is 17.7 Å². The number of nitrogens with one attached hydrogen (secondary N) is 2. The first-order valence-corrected chi connectivity index (χ1v) is 9.39. The van der Waals surface area contributed by atoms with Gasteiger partial charge in [0.1, 0.15) is 18.0 Å². The maximum Gasteiger partial charge on any atom is 0.253 e. The highest BCUT2D eigenvalue weighted by atomic mass is 32.2. The van der Waals surface area contributed by atoms with Crippen molar-refractivity contribution in [3.8, 4) is 5.75 Å². The largest absolute Gasteiger partial charge is 0.506 e. The lowest BCUT2D eigenvalue weighted by Gasteiger charge is -2.25. The van der Waals surface area contributed by atoms with E-state index in [0.717, 1.165) is 22.8 Å². The number of benzene rings is 1. The third-order valence-corrected chi connectivity index (χ3v) is 5.43. The molecule has 2 unspecified atom stereocenters. The number of phenols is 1. The Kier molecular flexibility index (Phi) is 5.10. The van der Waals surface area contributed by atoms with E-state index in [9.17, 15) is 14.1 Å². The average molecular weight is 367 g/mol. The molecule has 3 N–H and O–H groups in total. The minimum Gasteiger partial charge on any atom is -0.506 e. The summed E-state index contributed by atoms with van der Waals surface area (Å²) in [6.45, 7) is 5.41. The molecule has 0 saturated carbocycles. The van der Waals surface area contributed by atoms with Gasteiger partial charge in [-0.25, -0.2) is 8.60 Å². The third-order valence-electron chi connectivity index (χ3n) is 4.31. The van der Waals surface area contributed by atoms with Gasteiger partial charge in [0.25, 0.3) is 5.91 Å². The minimum atomic E-state index is -1.89. The van der Waals surface area contributed by atoms with Crippen LogP contribution in [-0.4, -0.2) is 34.9 Å². The van der Waals surface area contributed by atoms with Gasteiger partial charge in [-0.3, -0.25) is 13.8 Å². The van der Waals surface area contributed by atoms with E-state index in [4.69, 9.17) is 0 Å². The molecule has 1 aromatic rings. The second kappa shape index (κ2) is 7.13. The summed E-state index contributed by atoms with van der Waals surface area (Å²) < 4.78 is 30.3. The van der Waals surface area contributed by atoms with Gasteiger partial charge in [0.15, 0.2) is 5.82 Å².